The lowest BCUT2D eigenvalue weighted by Crippen LogP contribution is -2.40. The first-order valence-electron chi connectivity index (χ1n) is 3.95. The summed E-state index contributed by atoms with van der Waals surface area (Å²) in [6, 6.07) is 0.502. The van der Waals surface area contributed by atoms with E-state index >= 15 is 0 Å². The van der Waals surface area contributed by atoms with Crippen molar-refractivity contribution in [2.75, 3.05) is 0 Å². The quantitative estimate of drug-likeness (QED) is 0.394. The van der Waals surface area contributed by atoms with Gasteiger partial charge in [-0.05, 0) is 12.8 Å². The van der Waals surface area contributed by atoms with E-state index in [2.05, 4.69) is 5.32 Å². The maximum Gasteiger partial charge on any atom is 0.165 e. The van der Waals surface area contributed by atoms with Crippen LogP contribution >= 0.6 is 0 Å². The molecular weight excluding hydrogens is 142 g/mol. The van der Waals surface area contributed by atoms with Crippen LogP contribution < -0.4 is 5.32 Å². The van der Waals surface area contributed by atoms with E-state index in [0.717, 1.165) is 19.1 Å². The topological polar surface area (TPSA) is 49.3 Å². The molecule has 60 valence electrons. The van der Waals surface area contributed by atoms with Crippen LogP contribution in [0.15, 0.2) is 11.8 Å². The summed E-state index contributed by atoms with van der Waals surface area (Å²) in [5, 5.41) is 12.0. The van der Waals surface area contributed by atoms with E-state index in [1.165, 1.54) is 0 Å². The molecule has 2 heterocycles. The molecule has 2 unspecified atom stereocenters. The molecule has 0 radical (unpaired) electrons. The van der Waals surface area contributed by atoms with Crippen molar-refractivity contribution in [3.63, 3.8) is 0 Å². The third-order valence-electron chi connectivity index (χ3n) is 2.51. The molecule has 2 bridgehead atoms. The third kappa shape index (κ3) is 0.959. The number of carbonyl (C=O) groups excluding carboxylic acids is 1. The average Bonchev–Trinajstić information content (AvgIpc) is 2.34. The molecule has 0 spiro atoms. The molecule has 2 rings (SSSR count). The van der Waals surface area contributed by atoms with Crippen LogP contribution in [0.1, 0.15) is 19.3 Å². The number of carbonyl (C=O) groups is 1. The molecule has 2 aliphatic rings. The minimum absolute atomic E-state index is 0.110. The number of ketones is 1. The molecule has 2 N–H and O–H groups in total. The summed E-state index contributed by atoms with van der Waals surface area (Å²) in [7, 11) is 0. The van der Waals surface area contributed by atoms with Gasteiger partial charge in [-0.25, -0.2) is 0 Å². The van der Waals surface area contributed by atoms with Crippen LogP contribution in [0.4, 0.5) is 0 Å². The van der Waals surface area contributed by atoms with Gasteiger partial charge in [0.15, 0.2) is 5.78 Å². The highest BCUT2D eigenvalue weighted by Gasteiger charge is 2.36. The van der Waals surface area contributed by atoms with Crippen molar-refractivity contribution in [1.29, 1.82) is 0 Å². The van der Waals surface area contributed by atoms with Gasteiger partial charge in [0.1, 0.15) is 0 Å². The van der Waals surface area contributed by atoms with E-state index in [4.69, 9.17) is 5.11 Å². The van der Waals surface area contributed by atoms with Gasteiger partial charge in [0, 0.05) is 24.1 Å². The molecule has 0 aromatic rings. The first-order chi connectivity index (χ1) is 5.31. The minimum atomic E-state index is 0.110. The molecule has 2 saturated heterocycles. The maximum atomic E-state index is 11.2. The van der Waals surface area contributed by atoms with Crippen molar-refractivity contribution in [3.8, 4) is 0 Å². The van der Waals surface area contributed by atoms with E-state index in [-0.39, 0.29) is 11.8 Å². The van der Waals surface area contributed by atoms with Crippen molar-refractivity contribution in [3.05, 3.63) is 11.8 Å². The highest BCUT2D eigenvalue weighted by molar-refractivity contribution is 5.97. The number of aliphatic hydroxyl groups excluding tert-OH is 1. The Balaban J connectivity index is 2.27. The predicted octanol–water partition coefficient (Wildman–Crippen LogP) is 0.522. The molecule has 3 nitrogen and oxygen atoms in total. The SMILES string of the molecule is O=C1CC2CCC(N2)/C1=C\O. The molecule has 0 saturated carbocycles. The van der Waals surface area contributed by atoms with Crippen LogP contribution in [0.5, 0.6) is 0 Å². The van der Waals surface area contributed by atoms with Gasteiger partial charge < -0.3 is 10.4 Å². The van der Waals surface area contributed by atoms with Crippen molar-refractivity contribution in [2.45, 2.75) is 31.3 Å². The fourth-order valence-corrected chi connectivity index (χ4v) is 1.92. The summed E-state index contributed by atoms with van der Waals surface area (Å²) < 4.78 is 0. The average molecular weight is 153 g/mol. The van der Waals surface area contributed by atoms with Crippen molar-refractivity contribution in [1.82, 2.24) is 5.32 Å². The second-order valence-corrected chi connectivity index (χ2v) is 3.21. The molecule has 0 aliphatic carbocycles. The maximum absolute atomic E-state index is 11.2. The second kappa shape index (κ2) is 2.34. The number of fused-ring (bicyclic) bond motifs is 2. The lowest BCUT2D eigenvalue weighted by molar-refractivity contribution is -0.117. The molecule has 0 amide bonds. The zero-order valence-electron chi connectivity index (χ0n) is 6.21. The Morgan fingerprint density at radius 1 is 1.55 bits per heavy atom. The van der Waals surface area contributed by atoms with Crippen LogP contribution in [0, 0.1) is 0 Å². The minimum Gasteiger partial charge on any atom is -0.515 e. The van der Waals surface area contributed by atoms with Crippen LogP contribution in [0.2, 0.25) is 0 Å². The largest absolute Gasteiger partial charge is 0.515 e. The first kappa shape index (κ1) is 6.85. The fourth-order valence-electron chi connectivity index (χ4n) is 1.92. The highest BCUT2D eigenvalue weighted by Crippen LogP contribution is 2.27. The molecular formula is C8H11NO2. The first-order valence-corrected chi connectivity index (χ1v) is 3.95. The Labute approximate surface area is 65.1 Å². The molecule has 3 heteroatoms. The summed E-state index contributed by atoms with van der Waals surface area (Å²) in [5.41, 5.74) is 0.568. The molecule has 0 aromatic carbocycles. The lowest BCUT2D eigenvalue weighted by Gasteiger charge is -2.21. The van der Waals surface area contributed by atoms with Gasteiger partial charge in [-0.3, -0.25) is 4.79 Å². The number of hydrogen-bond donors (Lipinski definition) is 2. The number of rotatable bonds is 0. The molecule has 2 aliphatic heterocycles. The van der Waals surface area contributed by atoms with Crippen LogP contribution in [0.25, 0.3) is 0 Å². The molecule has 2 fully saturated rings. The van der Waals surface area contributed by atoms with Crippen molar-refractivity contribution in [2.24, 2.45) is 0 Å². The number of nitrogens with one attached hydrogen (secondary N) is 1. The van der Waals surface area contributed by atoms with E-state index < -0.39 is 0 Å². The molecule has 0 aromatic heterocycles. The van der Waals surface area contributed by atoms with E-state index in [1.807, 2.05) is 0 Å². The number of aliphatic hydroxyl groups is 1. The summed E-state index contributed by atoms with van der Waals surface area (Å²) in [6.45, 7) is 0. The molecule has 2 atom stereocenters. The summed E-state index contributed by atoms with van der Waals surface area (Å²) in [4.78, 5) is 11.2. The summed E-state index contributed by atoms with van der Waals surface area (Å²) >= 11 is 0. The molecule has 11 heavy (non-hydrogen) atoms. The van der Waals surface area contributed by atoms with Gasteiger partial charge >= 0.3 is 0 Å². The fraction of sp³-hybridized carbons (Fsp3) is 0.625. The Morgan fingerprint density at radius 2 is 2.36 bits per heavy atom. The zero-order chi connectivity index (χ0) is 7.84. The highest BCUT2D eigenvalue weighted by atomic mass is 16.2. The van der Waals surface area contributed by atoms with Gasteiger partial charge in [-0.1, -0.05) is 0 Å². The van der Waals surface area contributed by atoms with Gasteiger partial charge in [0.2, 0.25) is 0 Å². The van der Waals surface area contributed by atoms with Gasteiger partial charge in [-0.15, -0.1) is 0 Å². The van der Waals surface area contributed by atoms with Gasteiger partial charge in [0.25, 0.3) is 0 Å². The zero-order valence-corrected chi connectivity index (χ0v) is 6.21. The monoisotopic (exact) mass is 153 g/mol. The number of Topliss-reactive ketones (excluding diaryl/α,β-unsaturated/α-hetero) is 1. The van der Waals surface area contributed by atoms with E-state index in [0.29, 0.717) is 18.0 Å². The number of piperidine rings is 1. The van der Waals surface area contributed by atoms with Crippen molar-refractivity contribution >= 4 is 5.78 Å². The lowest BCUT2D eigenvalue weighted by atomic mass is 9.99. The van der Waals surface area contributed by atoms with Gasteiger partial charge in [0.05, 0.1) is 6.26 Å². The Hall–Kier alpha value is -0.830. The smallest absolute Gasteiger partial charge is 0.165 e. The Morgan fingerprint density at radius 3 is 3.09 bits per heavy atom. The number of hydrogen-bond acceptors (Lipinski definition) is 3. The second-order valence-electron chi connectivity index (χ2n) is 3.21. The predicted molar refractivity (Wildman–Crippen MR) is 40.3 cm³/mol. The summed E-state index contributed by atoms with van der Waals surface area (Å²) in [5.74, 6) is 0.110. The Bertz CT molecular complexity index is 222. The standard InChI is InChI=1S/C8H11NO2/c10-4-6-7-2-1-5(9-7)3-8(6)11/h4-5,7,9-10H,1-3H2/b6-4+. The van der Waals surface area contributed by atoms with Crippen LogP contribution in [-0.2, 0) is 4.79 Å². The third-order valence-corrected chi connectivity index (χ3v) is 2.51. The van der Waals surface area contributed by atoms with Crippen LogP contribution in [-0.4, -0.2) is 23.0 Å². The van der Waals surface area contributed by atoms with Crippen LogP contribution in [0.3, 0.4) is 0 Å². The van der Waals surface area contributed by atoms with Crippen molar-refractivity contribution < 1.29 is 9.90 Å². The normalized spacial score (nSPS) is 40.0. The summed E-state index contributed by atoms with van der Waals surface area (Å²) in [6.07, 6.45) is 3.57. The van der Waals surface area contributed by atoms with E-state index in [9.17, 15) is 4.79 Å². The van der Waals surface area contributed by atoms with Gasteiger partial charge in [-0.2, -0.15) is 0 Å². The van der Waals surface area contributed by atoms with E-state index in [1.54, 1.807) is 0 Å². The Kier molecular flexibility index (Phi) is 1.46.